The molecular formula is C13H21N5O2S. The van der Waals surface area contributed by atoms with Crippen LogP contribution in [-0.2, 0) is 4.79 Å². The quantitative estimate of drug-likeness (QED) is 0.767. The SMILES string of the molecule is CCNc1nc(N)c(C(=O)N2CCC(NC(C)=O)CC2)s1. The van der Waals surface area contributed by atoms with E-state index in [0.29, 0.717) is 23.1 Å². The Morgan fingerprint density at radius 2 is 2.10 bits per heavy atom. The zero-order valence-electron chi connectivity index (χ0n) is 12.3. The van der Waals surface area contributed by atoms with E-state index in [1.165, 1.54) is 18.3 Å². The van der Waals surface area contributed by atoms with Crippen molar-refractivity contribution in [1.29, 1.82) is 0 Å². The Bertz CT molecular complexity index is 523. The normalized spacial score (nSPS) is 15.8. The molecule has 21 heavy (non-hydrogen) atoms. The van der Waals surface area contributed by atoms with Crippen molar-refractivity contribution in [2.45, 2.75) is 32.7 Å². The Morgan fingerprint density at radius 3 is 2.67 bits per heavy atom. The van der Waals surface area contributed by atoms with Crippen LogP contribution in [0.4, 0.5) is 10.9 Å². The largest absolute Gasteiger partial charge is 0.382 e. The molecule has 4 N–H and O–H groups in total. The van der Waals surface area contributed by atoms with E-state index < -0.39 is 0 Å². The lowest BCUT2D eigenvalue weighted by molar-refractivity contribution is -0.119. The van der Waals surface area contributed by atoms with E-state index in [1.807, 2.05) is 6.92 Å². The summed E-state index contributed by atoms with van der Waals surface area (Å²) < 4.78 is 0. The molecular weight excluding hydrogens is 290 g/mol. The number of hydrogen-bond acceptors (Lipinski definition) is 6. The van der Waals surface area contributed by atoms with Crippen LogP contribution in [0.2, 0.25) is 0 Å². The number of nitrogens with two attached hydrogens (primary N) is 1. The Kier molecular flexibility index (Phi) is 5.00. The summed E-state index contributed by atoms with van der Waals surface area (Å²) in [5.41, 5.74) is 5.83. The second-order valence-electron chi connectivity index (χ2n) is 5.03. The van der Waals surface area contributed by atoms with Crippen LogP contribution in [0.15, 0.2) is 0 Å². The summed E-state index contributed by atoms with van der Waals surface area (Å²) in [5.74, 6) is 0.183. The molecule has 1 aliphatic rings. The van der Waals surface area contributed by atoms with Gasteiger partial charge in [0.2, 0.25) is 5.91 Å². The Hall–Kier alpha value is -1.83. The van der Waals surface area contributed by atoms with Crippen LogP contribution in [0.5, 0.6) is 0 Å². The maximum Gasteiger partial charge on any atom is 0.267 e. The minimum absolute atomic E-state index is 0.0261. The molecule has 0 atom stereocenters. The summed E-state index contributed by atoms with van der Waals surface area (Å²) in [6, 6.07) is 0.155. The number of likely N-dealkylation sites (tertiary alicyclic amines) is 1. The molecule has 1 aromatic heterocycles. The first-order valence-corrected chi connectivity index (χ1v) is 7.89. The molecule has 0 aromatic carbocycles. The highest BCUT2D eigenvalue weighted by atomic mass is 32.1. The molecule has 0 bridgehead atoms. The van der Waals surface area contributed by atoms with Gasteiger partial charge >= 0.3 is 0 Å². The number of anilines is 2. The van der Waals surface area contributed by atoms with Crippen molar-refractivity contribution in [3.63, 3.8) is 0 Å². The summed E-state index contributed by atoms with van der Waals surface area (Å²) in [6.45, 7) is 5.46. The molecule has 0 aliphatic carbocycles. The van der Waals surface area contributed by atoms with E-state index in [2.05, 4.69) is 15.6 Å². The number of piperidine rings is 1. The monoisotopic (exact) mass is 311 g/mol. The number of nitrogens with one attached hydrogen (secondary N) is 2. The van der Waals surface area contributed by atoms with E-state index in [0.717, 1.165) is 19.4 Å². The summed E-state index contributed by atoms with van der Waals surface area (Å²) in [5, 5.41) is 6.63. The maximum atomic E-state index is 12.5. The third-order valence-corrected chi connectivity index (χ3v) is 4.38. The number of aromatic nitrogens is 1. The molecule has 2 rings (SSSR count). The lowest BCUT2D eigenvalue weighted by Crippen LogP contribution is -2.46. The van der Waals surface area contributed by atoms with Crippen LogP contribution in [-0.4, -0.2) is 47.4 Å². The molecule has 7 nitrogen and oxygen atoms in total. The average molecular weight is 311 g/mol. The van der Waals surface area contributed by atoms with Crippen LogP contribution in [0, 0.1) is 0 Å². The van der Waals surface area contributed by atoms with Crippen LogP contribution >= 0.6 is 11.3 Å². The van der Waals surface area contributed by atoms with E-state index in [9.17, 15) is 9.59 Å². The minimum atomic E-state index is -0.0737. The van der Waals surface area contributed by atoms with Gasteiger partial charge in [-0.2, -0.15) is 0 Å². The Balaban J connectivity index is 1.97. The number of carbonyl (C=O) groups is 2. The van der Waals surface area contributed by atoms with Crippen molar-refractivity contribution < 1.29 is 9.59 Å². The molecule has 0 unspecified atom stereocenters. The highest BCUT2D eigenvalue weighted by Crippen LogP contribution is 2.27. The summed E-state index contributed by atoms with van der Waals surface area (Å²) in [7, 11) is 0. The minimum Gasteiger partial charge on any atom is -0.382 e. The lowest BCUT2D eigenvalue weighted by atomic mass is 10.0. The van der Waals surface area contributed by atoms with Gasteiger partial charge in [0.05, 0.1) is 0 Å². The van der Waals surface area contributed by atoms with Crippen LogP contribution in [0.3, 0.4) is 0 Å². The van der Waals surface area contributed by atoms with Crippen molar-refractivity contribution in [2.75, 3.05) is 30.7 Å². The zero-order chi connectivity index (χ0) is 15.4. The first-order valence-electron chi connectivity index (χ1n) is 7.07. The number of carbonyl (C=O) groups excluding carboxylic acids is 2. The Morgan fingerprint density at radius 1 is 1.43 bits per heavy atom. The van der Waals surface area contributed by atoms with Gasteiger partial charge in [-0.15, -0.1) is 0 Å². The molecule has 116 valence electrons. The van der Waals surface area contributed by atoms with Crippen molar-refractivity contribution in [2.24, 2.45) is 0 Å². The van der Waals surface area contributed by atoms with Gasteiger partial charge in [0.1, 0.15) is 10.7 Å². The number of amides is 2. The van der Waals surface area contributed by atoms with E-state index in [-0.39, 0.29) is 23.7 Å². The number of rotatable bonds is 4. The summed E-state index contributed by atoms with van der Waals surface area (Å²) >= 11 is 1.29. The summed E-state index contributed by atoms with van der Waals surface area (Å²) in [6.07, 6.45) is 1.54. The van der Waals surface area contributed by atoms with E-state index in [1.54, 1.807) is 4.90 Å². The second kappa shape index (κ2) is 6.75. The lowest BCUT2D eigenvalue weighted by Gasteiger charge is -2.31. The van der Waals surface area contributed by atoms with Crippen molar-refractivity contribution in [3.8, 4) is 0 Å². The standard InChI is InChI=1S/C13H21N5O2S/c1-3-15-13-17-11(14)10(21-13)12(20)18-6-4-9(5-7-18)16-8(2)19/h9H,3-7,14H2,1-2H3,(H,15,17)(H,16,19). The third-order valence-electron chi connectivity index (χ3n) is 3.37. The molecule has 1 saturated heterocycles. The molecule has 8 heteroatoms. The fourth-order valence-corrected chi connectivity index (χ4v) is 3.29. The first-order chi connectivity index (χ1) is 10.0. The van der Waals surface area contributed by atoms with Gasteiger partial charge in [-0.1, -0.05) is 11.3 Å². The molecule has 1 fully saturated rings. The number of hydrogen-bond donors (Lipinski definition) is 3. The smallest absolute Gasteiger partial charge is 0.267 e. The molecule has 1 aromatic rings. The number of nitrogen functional groups attached to an aromatic ring is 1. The van der Waals surface area contributed by atoms with Crippen molar-refractivity contribution >= 4 is 34.1 Å². The molecule has 1 aliphatic heterocycles. The molecule has 2 heterocycles. The van der Waals surface area contributed by atoms with Gasteiger partial charge in [-0.05, 0) is 19.8 Å². The van der Waals surface area contributed by atoms with Crippen LogP contribution in [0.25, 0.3) is 0 Å². The van der Waals surface area contributed by atoms with Gasteiger partial charge in [-0.25, -0.2) is 4.98 Å². The van der Waals surface area contributed by atoms with Crippen LogP contribution < -0.4 is 16.4 Å². The average Bonchev–Trinajstić information content (AvgIpc) is 2.79. The highest BCUT2D eigenvalue weighted by Gasteiger charge is 2.27. The molecule has 2 amide bonds. The second-order valence-corrected chi connectivity index (χ2v) is 6.03. The predicted octanol–water partition coefficient (Wildman–Crippen LogP) is 0.898. The predicted molar refractivity (Wildman–Crippen MR) is 83.4 cm³/mol. The van der Waals surface area contributed by atoms with Gasteiger partial charge < -0.3 is 21.3 Å². The van der Waals surface area contributed by atoms with Gasteiger partial charge in [0.15, 0.2) is 5.13 Å². The maximum absolute atomic E-state index is 12.5. The zero-order valence-corrected chi connectivity index (χ0v) is 13.1. The van der Waals surface area contributed by atoms with Crippen LogP contribution in [0.1, 0.15) is 36.4 Å². The highest BCUT2D eigenvalue weighted by molar-refractivity contribution is 7.18. The topological polar surface area (TPSA) is 100 Å². The molecule has 0 radical (unpaired) electrons. The number of thiazole rings is 1. The third kappa shape index (κ3) is 3.84. The Labute approximate surface area is 127 Å². The van der Waals surface area contributed by atoms with Crippen molar-refractivity contribution in [3.05, 3.63) is 4.88 Å². The fraction of sp³-hybridized carbons (Fsp3) is 0.615. The first kappa shape index (κ1) is 15.6. The summed E-state index contributed by atoms with van der Waals surface area (Å²) in [4.78, 5) is 29.9. The van der Waals surface area contributed by atoms with E-state index in [4.69, 9.17) is 5.73 Å². The number of nitrogens with zero attached hydrogens (tertiary/aromatic N) is 2. The molecule has 0 saturated carbocycles. The van der Waals surface area contributed by atoms with E-state index >= 15 is 0 Å². The fourth-order valence-electron chi connectivity index (χ4n) is 2.37. The van der Waals surface area contributed by atoms with Gasteiger partial charge in [-0.3, -0.25) is 9.59 Å². The van der Waals surface area contributed by atoms with Gasteiger partial charge in [0, 0.05) is 32.6 Å². The molecule has 0 spiro atoms. The van der Waals surface area contributed by atoms with Gasteiger partial charge in [0.25, 0.3) is 5.91 Å². The van der Waals surface area contributed by atoms with Crippen molar-refractivity contribution in [1.82, 2.24) is 15.2 Å².